The molecule has 0 atom stereocenters. The third-order valence-electron chi connectivity index (χ3n) is 5.20. The van der Waals surface area contributed by atoms with Crippen molar-refractivity contribution in [1.82, 2.24) is 9.88 Å². The van der Waals surface area contributed by atoms with Crippen molar-refractivity contribution in [3.8, 4) is 11.5 Å². The van der Waals surface area contributed by atoms with E-state index in [1.807, 2.05) is 19.1 Å². The Labute approximate surface area is 177 Å². The van der Waals surface area contributed by atoms with Gasteiger partial charge in [-0.1, -0.05) is 6.07 Å². The molecule has 0 bridgehead atoms. The highest BCUT2D eigenvalue weighted by atomic mass is 19.1. The summed E-state index contributed by atoms with van der Waals surface area (Å²) >= 11 is 0. The zero-order valence-corrected chi connectivity index (χ0v) is 16.9. The average Bonchev–Trinajstić information content (AvgIpc) is 3.17. The molecule has 0 saturated carbocycles. The Morgan fingerprint density at radius 1 is 1.23 bits per heavy atom. The molecule has 2 N–H and O–H groups in total. The number of ether oxygens (including phenoxy) is 1. The lowest BCUT2D eigenvalue weighted by Gasteiger charge is -2.33. The molecule has 162 valence electrons. The predicted molar refractivity (Wildman–Crippen MR) is 111 cm³/mol. The van der Waals surface area contributed by atoms with E-state index in [4.69, 9.17) is 9.15 Å². The van der Waals surface area contributed by atoms with E-state index in [1.54, 1.807) is 12.1 Å². The highest BCUT2D eigenvalue weighted by Crippen LogP contribution is 2.28. The Balaban J connectivity index is 1.53. The molecule has 1 aromatic heterocycles. The number of hydrogen-bond acceptors (Lipinski definition) is 5. The number of amides is 2. The van der Waals surface area contributed by atoms with Crippen molar-refractivity contribution in [1.29, 1.82) is 0 Å². The summed E-state index contributed by atoms with van der Waals surface area (Å²) in [5.74, 6) is -1.54. The fraction of sp³-hybridized carbons (Fsp3) is 0.318. The summed E-state index contributed by atoms with van der Waals surface area (Å²) in [5.41, 5.74) is 2.68. The van der Waals surface area contributed by atoms with Gasteiger partial charge in [0.2, 0.25) is 5.89 Å². The third-order valence-corrected chi connectivity index (χ3v) is 5.20. The molecule has 1 aliphatic heterocycles. The maximum Gasteiger partial charge on any atom is 0.323 e. The van der Waals surface area contributed by atoms with Gasteiger partial charge in [0.05, 0.1) is 5.69 Å². The standard InChI is InChI=1S/C22H22FN3O5/c1-13-2-5-19-18(10-13)24-21(31-19)14-3-4-17(16(23)11-14)25-22(29)26(12-20(27)28)15-6-8-30-9-7-15/h2-5,10-11,15H,6-9,12H2,1H3,(H,25,29)(H,27,28). The fourth-order valence-electron chi connectivity index (χ4n) is 3.61. The highest BCUT2D eigenvalue weighted by Gasteiger charge is 2.28. The summed E-state index contributed by atoms with van der Waals surface area (Å²) in [6.45, 7) is 2.36. The lowest BCUT2D eigenvalue weighted by molar-refractivity contribution is -0.138. The van der Waals surface area contributed by atoms with Crippen LogP contribution in [-0.4, -0.2) is 52.8 Å². The van der Waals surface area contributed by atoms with Gasteiger partial charge < -0.3 is 24.5 Å². The van der Waals surface area contributed by atoms with Crippen LogP contribution in [0.5, 0.6) is 0 Å². The van der Waals surface area contributed by atoms with E-state index < -0.39 is 24.4 Å². The van der Waals surface area contributed by atoms with Crippen LogP contribution in [0.25, 0.3) is 22.6 Å². The Hall–Kier alpha value is -3.46. The van der Waals surface area contributed by atoms with Crippen LogP contribution >= 0.6 is 0 Å². The second-order valence-corrected chi connectivity index (χ2v) is 7.48. The number of carbonyl (C=O) groups is 2. The lowest BCUT2D eigenvalue weighted by atomic mass is 10.1. The summed E-state index contributed by atoms with van der Waals surface area (Å²) in [5, 5.41) is 11.7. The number of halogens is 1. The normalized spacial score (nSPS) is 14.5. The number of nitrogens with one attached hydrogen (secondary N) is 1. The molecule has 2 aromatic carbocycles. The molecular formula is C22H22FN3O5. The maximum atomic E-state index is 14.7. The van der Waals surface area contributed by atoms with Crippen LogP contribution in [0.15, 0.2) is 40.8 Å². The molecule has 3 aromatic rings. The van der Waals surface area contributed by atoms with Crippen LogP contribution in [0.3, 0.4) is 0 Å². The lowest BCUT2D eigenvalue weighted by Crippen LogP contribution is -2.48. The fourth-order valence-corrected chi connectivity index (χ4v) is 3.61. The van der Waals surface area contributed by atoms with Gasteiger partial charge in [0.1, 0.15) is 17.9 Å². The summed E-state index contributed by atoms with van der Waals surface area (Å²) in [7, 11) is 0. The summed E-state index contributed by atoms with van der Waals surface area (Å²) < 4.78 is 25.7. The zero-order valence-electron chi connectivity index (χ0n) is 16.9. The van der Waals surface area contributed by atoms with Gasteiger partial charge in [0, 0.05) is 24.8 Å². The number of carboxylic acids is 1. The van der Waals surface area contributed by atoms with E-state index in [0.717, 1.165) is 5.56 Å². The predicted octanol–water partition coefficient (Wildman–Crippen LogP) is 4.04. The average molecular weight is 427 g/mol. The van der Waals surface area contributed by atoms with Crippen molar-refractivity contribution in [2.45, 2.75) is 25.8 Å². The van der Waals surface area contributed by atoms with E-state index in [2.05, 4.69) is 10.3 Å². The van der Waals surface area contributed by atoms with Gasteiger partial charge in [-0.25, -0.2) is 14.2 Å². The molecule has 2 heterocycles. The monoisotopic (exact) mass is 427 g/mol. The van der Waals surface area contributed by atoms with E-state index in [-0.39, 0.29) is 17.6 Å². The Bertz CT molecular complexity index is 1120. The number of oxazole rings is 1. The van der Waals surface area contributed by atoms with E-state index in [9.17, 15) is 19.1 Å². The molecule has 2 amide bonds. The minimum absolute atomic E-state index is 0.0526. The van der Waals surface area contributed by atoms with Crippen LogP contribution in [0.1, 0.15) is 18.4 Å². The van der Waals surface area contributed by atoms with Crippen molar-refractivity contribution in [2.75, 3.05) is 25.1 Å². The Morgan fingerprint density at radius 3 is 2.71 bits per heavy atom. The smallest absolute Gasteiger partial charge is 0.323 e. The first-order valence-electron chi connectivity index (χ1n) is 9.95. The minimum Gasteiger partial charge on any atom is -0.480 e. The molecule has 4 rings (SSSR count). The van der Waals surface area contributed by atoms with Gasteiger partial charge in [0.15, 0.2) is 5.58 Å². The number of aromatic nitrogens is 1. The van der Waals surface area contributed by atoms with E-state index in [0.29, 0.717) is 42.7 Å². The highest BCUT2D eigenvalue weighted by molar-refractivity contribution is 5.92. The van der Waals surface area contributed by atoms with Crippen molar-refractivity contribution in [3.05, 3.63) is 47.8 Å². The topological polar surface area (TPSA) is 105 Å². The maximum absolute atomic E-state index is 14.7. The van der Waals surface area contributed by atoms with E-state index >= 15 is 0 Å². The van der Waals surface area contributed by atoms with Crippen LogP contribution in [0.4, 0.5) is 14.9 Å². The molecule has 1 saturated heterocycles. The number of hydrogen-bond donors (Lipinski definition) is 2. The van der Waals surface area contributed by atoms with Crippen molar-refractivity contribution in [2.24, 2.45) is 0 Å². The number of benzene rings is 2. The SMILES string of the molecule is Cc1ccc2oc(-c3ccc(NC(=O)N(CC(=O)O)C4CCOCC4)c(F)c3)nc2c1. The molecule has 9 heteroatoms. The van der Waals surface area contributed by atoms with Crippen molar-refractivity contribution < 1.29 is 28.2 Å². The molecule has 0 unspecified atom stereocenters. The number of rotatable bonds is 5. The summed E-state index contributed by atoms with van der Waals surface area (Å²) in [4.78, 5) is 29.5. The number of urea groups is 1. The van der Waals surface area contributed by atoms with Gasteiger partial charge in [0.25, 0.3) is 0 Å². The van der Waals surface area contributed by atoms with Crippen LogP contribution in [-0.2, 0) is 9.53 Å². The van der Waals surface area contributed by atoms with Gasteiger partial charge in [-0.3, -0.25) is 4.79 Å². The van der Waals surface area contributed by atoms with Crippen LogP contribution in [0.2, 0.25) is 0 Å². The molecule has 0 aliphatic carbocycles. The van der Waals surface area contributed by atoms with E-state index in [1.165, 1.54) is 17.0 Å². The Kier molecular flexibility index (Phi) is 5.85. The number of anilines is 1. The largest absolute Gasteiger partial charge is 0.480 e. The second-order valence-electron chi connectivity index (χ2n) is 7.48. The number of carboxylic acid groups (broad SMARTS) is 1. The van der Waals surface area contributed by atoms with Gasteiger partial charge in [-0.05, 0) is 55.7 Å². The molecule has 31 heavy (non-hydrogen) atoms. The second kappa shape index (κ2) is 8.73. The van der Waals surface area contributed by atoms with Crippen molar-refractivity contribution >= 4 is 28.8 Å². The Morgan fingerprint density at radius 2 is 2.00 bits per heavy atom. The first-order valence-corrected chi connectivity index (χ1v) is 9.95. The van der Waals surface area contributed by atoms with Gasteiger partial charge in [-0.2, -0.15) is 0 Å². The van der Waals surface area contributed by atoms with Crippen LogP contribution in [0, 0.1) is 12.7 Å². The molecule has 1 aliphatic rings. The quantitative estimate of drug-likeness (QED) is 0.637. The first-order chi connectivity index (χ1) is 14.9. The summed E-state index contributed by atoms with van der Waals surface area (Å²) in [6.07, 6.45) is 1.05. The molecule has 0 spiro atoms. The molecule has 8 nitrogen and oxygen atoms in total. The minimum atomic E-state index is -1.14. The molecule has 1 fully saturated rings. The number of aryl methyl sites for hydroxylation is 1. The van der Waals surface area contributed by atoms with Gasteiger partial charge in [-0.15, -0.1) is 0 Å². The molecular weight excluding hydrogens is 405 g/mol. The first kappa shape index (κ1) is 20.8. The zero-order chi connectivity index (χ0) is 22.0. The summed E-state index contributed by atoms with van der Waals surface area (Å²) in [6, 6.07) is 8.85. The number of fused-ring (bicyclic) bond motifs is 1. The molecule has 0 radical (unpaired) electrons. The number of aliphatic carboxylic acids is 1. The number of nitrogens with zero attached hydrogens (tertiary/aromatic N) is 2. The van der Waals surface area contributed by atoms with Gasteiger partial charge >= 0.3 is 12.0 Å². The van der Waals surface area contributed by atoms with Crippen molar-refractivity contribution in [3.63, 3.8) is 0 Å². The number of carbonyl (C=O) groups excluding carboxylic acids is 1. The third kappa shape index (κ3) is 4.66. The van der Waals surface area contributed by atoms with Crippen LogP contribution < -0.4 is 5.32 Å².